The van der Waals surface area contributed by atoms with Crippen molar-refractivity contribution in [2.24, 2.45) is 0 Å². The highest BCUT2D eigenvalue weighted by Crippen LogP contribution is 2.37. The van der Waals surface area contributed by atoms with Gasteiger partial charge in [-0.1, -0.05) is 12.1 Å². The summed E-state index contributed by atoms with van der Waals surface area (Å²) >= 11 is 0. The number of fused-ring (bicyclic) bond motifs is 1. The predicted molar refractivity (Wildman–Crippen MR) is 98.9 cm³/mol. The predicted octanol–water partition coefficient (Wildman–Crippen LogP) is 5.29. The second-order valence-electron chi connectivity index (χ2n) is 6.25. The first-order valence-electron chi connectivity index (χ1n) is 8.32. The molecule has 0 N–H and O–H groups in total. The molecular formula is C21H11F4NO2S. The molecule has 3 nitrogen and oxygen atoms in total. The van der Waals surface area contributed by atoms with E-state index in [0.717, 1.165) is 30.5 Å². The van der Waals surface area contributed by atoms with Crippen molar-refractivity contribution in [1.29, 1.82) is 0 Å². The third-order valence-corrected chi connectivity index (χ3v) is 6.16. The molecule has 0 saturated heterocycles. The Kier molecular flexibility index (Phi) is 4.58. The van der Waals surface area contributed by atoms with Gasteiger partial charge in [-0.2, -0.15) is 0 Å². The lowest BCUT2D eigenvalue weighted by molar-refractivity contribution is 0.504. The standard InChI is InChI=1S/C21H11F4NO2S/c22-13-3-1-2-12(8-13)21-16-6-4-14(23)9-19(16)26-11-20(21)29(27,28)15-5-7-17(24)18(25)10-15/h1-11H. The number of benzene rings is 3. The Morgan fingerprint density at radius 2 is 1.52 bits per heavy atom. The zero-order valence-electron chi connectivity index (χ0n) is 14.5. The minimum atomic E-state index is -4.36. The van der Waals surface area contributed by atoms with Crippen LogP contribution in [0.3, 0.4) is 0 Å². The molecule has 4 aromatic rings. The summed E-state index contributed by atoms with van der Waals surface area (Å²) in [5, 5.41) is 0.264. The summed E-state index contributed by atoms with van der Waals surface area (Å²) in [5.74, 6) is -3.70. The lowest BCUT2D eigenvalue weighted by atomic mass is 10.0. The second kappa shape index (κ2) is 6.97. The molecule has 146 valence electrons. The van der Waals surface area contributed by atoms with E-state index in [-0.39, 0.29) is 26.9 Å². The molecule has 0 amide bonds. The molecule has 1 aromatic heterocycles. The van der Waals surface area contributed by atoms with Crippen LogP contribution in [0.1, 0.15) is 0 Å². The summed E-state index contributed by atoms with van der Waals surface area (Å²) < 4.78 is 80.8. The lowest BCUT2D eigenvalue weighted by Crippen LogP contribution is -2.06. The van der Waals surface area contributed by atoms with Crippen molar-refractivity contribution in [3.8, 4) is 11.1 Å². The maximum absolute atomic E-state index is 13.8. The van der Waals surface area contributed by atoms with Crippen LogP contribution in [-0.2, 0) is 9.84 Å². The zero-order chi connectivity index (χ0) is 20.8. The number of aromatic nitrogens is 1. The molecule has 0 aliphatic heterocycles. The Bertz CT molecular complexity index is 1370. The molecule has 3 aromatic carbocycles. The van der Waals surface area contributed by atoms with Gasteiger partial charge in [0.25, 0.3) is 0 Å². The molecule has 0 bridgehead atoms. The molecule has 1 heterocycles. The van der Waals surface area contributed by atoms with Crippen LogP contribution in [0.4, 0.5) is 17.6 Å². The highest BCUT2D eigenvalue weighted by atomic mass is 32.2. The van der Waals surface area contributed by atoms with Crippen LogP contribution in [0.25, 0.3) is 22.0 Å². The van der Waals surface area contributed by atoms with E-state index >= 15 is 0 Å². The number of hydrogen-bond acceptors (Lipinski definition) is 3. The Hall–Kier alpha value is -3.26. The third kappa shape index (κ3) is 3.36. The van der Waals surface area contributed by atoms with Gasteiger partial charge in [-0.25, -0.2) is 26.0 Å². The average Bonchev–Trinajstić information content (AvgIpc) is 2.68. The average molecular weight is 417 g/mol. The van der Waals surface area contributed by atoms with Crippen LogP contribution < -0.4 is 0 Å². The molecule has 29 heavy (non-hydrogen) atoms. The number of rotatable bonds is 3. The Labute approximate surface area is 163 Å². The van der Waals surface area contributed by atoms with E-state index in [1.54, 1.807) is 0 Å². The lowest BCUT2D eigenvalue weighted by Gasteiger charge is -2.14. The van der Waals surface area contributed by atoms with E-state index in [9.17, 15) is 26.0 Å². The Balaban J connectivity index is 2.08. The smallest absolute Gasteiger partial charge is 0.208 e. The first-order chi connectivity index (χ1) is 13.8. The number of pyridine rings is 1. The normalized spacial score (nSPS) is 11.7. The molecule has 0 spiro atoms. The van der Waals surface area contributed by atoms with Gasteiger partial charge in [0, 0.05) is 23.2 Å². The van der Waals surface area contributed by atoms with E-state index in [1.807, 2.05) is 0 Å². The molecule has 0 saturated carbocycles. The molecule has 4 rings (SSSR count). The first kappa shape index (κ1) is 19.1. The highest BCUT2D eigenvalue weighted by molar-refractivity contribution is 7.91. The van der Waals surface area contributed by atoms with Crippen LogP contribution in [0.5, 0.6) is 0 Å². The van der Waals surface area contributed by atoms with Crippen molar-refractivity contribution in [3.63, 3.8) is 0 Å². The van der Waals surface area contributed by atoms with Gasteiger partial charge in [-0.3, -0.25) is 4.98 Å². The Morgan fingerprint density at radius 1 is 0.759 bits per heavy atom. The molecule has 0 aliphatic rings. The summed E-state index contributed by atoms with van der Waals surface area (Å²) in [6, 6.07) is 11.0. The molecule has 0 unspecified atom stereocenters. The maximum Gasteiger partial charge on any atom is 0.208 e. The molecule has 8 heteroatoms. The Morgan fingerprint density at radius 3 is 2.24 bits per heavy atom. The van der Waals surface area contributed by atoms with Gasteiger partial charge in [0.2, 0.25) is 9.84 Å². The van der Waals surface area contributed by atoms with Crippen molar-refractivity contribution in [1.82, 2.24) is 4.98 Å². The zero-order valence-corrected chi connectivity index (χ0v) is 15.4. The fraction of sp³-hybridized carbons (Fsp3) is 0. The third-order valence-electron chi connectivity index (χ3n) is 4.40. The van der Waals surface area contributed by atoms with Gasteiger partial charge in [0.1, 0.15) is 11.6 Å². The summed E-state index contributed by atoms with van der Waals surface area (Å²) in [4.78, 5) is 3.17. The highest BCUT2D eigenvalue weighted by Gasteiger charge is 2.26. The summed E-state index contributed by atoms with van der Waals surface area (Å²) in [7, 11) is -4.36. The van der Waals surface area contributed by atoms with Crippen LogP contribution in [0, 0.1) is 23.3 Å². The number of nitrogens with zero attached hydrogens (tertiary/aromatic N) is 1. The van der Waals surface area contributed by atoms with Crippen molar-refractivity contribution < 1.29 is 26.0 Å². The summed E-state index contributed by atoms with van der Waals surface area (Å²) in [5.41, 5.74) is 0.456. The minimum absolute atomic E-state index is 0.0826. The van der Waals surface area contributed by atoms with Gasteiger partial charge in [-0.15, -0.1) is 0 Å². The monoisotopic (exact) mass is 417 g/mol. The number of sulfone groups is 1. The molecule has 0 atom stereocenters. The van der Waals surface area contributed by atoms with E-state index in [1.165, 1.54) is 24.3 Å². The van der Waals surface area contributed by atoms with Crippen LogP contribution in [0.15, 0.2) is 76.7 Å². The van der Waals surface area contributed by atoms with E-state index in [4.69, 9.17) is 0 Å². The molecule has 0 radical (unpaired) electrons. The van der Waals surface area contributed by atoms with Crippen LogP contribution >= 0.6 is 0 Å². The van der Waals surface area contributed by atoms with Gasteiger partial charge < -0.3 is 0 Å². The summed E-state index contributed by atoms with van der Waals surface area (Å²) in [6.45, 7) is 0. The topological polar surface area (TPSA) is 47.0 Å². The largest absolute Gasteiger partial charge is 0.255 e. The van der Waals surface area contributed by atoms with Gasteiger partial charge in [-0.05, 0) is 48.0 Å². The van der Waals surface area contributed by atoms with E-state index in [0.29, 0.717) is 12.1 Å². The quantitative estimate of drug-likeness (QED) is 0.336. The van der Waals surface area contributed by atoms with Crippen LogP contribution in [-0.4, -0.2) is 13.4 Å². The van der Waals surface area contributed by atoms with E-state index in [2.05, 4.69) is 4.98 Å². The van der Waals surface area contributed by atoms with Crippen molar-refractivity contribution in [2.75, 3.05) is 0 Å². The van der Waals surface area contributed by atoms with Crippen LogP contribution in [0.2, 0.25) is 0 Å². The SMILES string of the molecule is O=S(=O)(c1ccc(F)c(F)c1)c1cnc2cc(F)ccc2c1-c1cccc(F)c1. The van der Waals surface area contributed by atoms with Gasteiger partial charge in [0.05, 0.1) is 15.3 Å². The number of hydrogen-bond donors (Lipinski definition) is 0. The first-order valence-corrected chi connectivity index (χ1v) is 9.80. The molecule has 0 fully saturated rings. The number of halogens is 4. The molecule has 0 aliphatic carbocycles. The second-order valence-corrected chi connectivity index (χ2v) is 8.17. The van der Waals surface area contributed by atoms with Crippen molar-refractivity contribution >= 4 is 20.7 Å². The van der Waals surface area contributed by atoms with E-state index < -0.39 is 38.0 Å². The van der Waals surface area contributed by atoms with Crippen molar-refractivity contribution in [3.05, 3.63) is 90.1 Å². The summed E-state index contributed by atoms with van der Waals surface area (Å²) in [6.07, 6.45) is 0.999. The fourth-order valence-electron chi connectivity index (χ4n) is 3.06. The van der Waals surface area contributed by atoms with Gasteiger partial charge >= 0.3 is 0 Å². The minimum Gasteiger partial charge on any atom is -0.255 e. The molecular weight excluding hydrogens is 406 g/mol. The maximum atomic E-state index is 13.8. The van der Waals surface area contributed by atoms with Crippen molar-refractivity contribution in [2.45, 2.75) is 9.79 Å². The van der Waals surface area contributed by atoms with Gasteiger partial charge in [0.15, 0.2) is 11.6 Å². The fourth-order valence-corrected chi connectivity index (χ4v) is 4.51.